The van der Waals surface area contributed by atoms with Crippen LogP contribution in [0.25, 0.3) is 11.4 Å². The number of halogens is 1. The number of amides is 1. The van der Waals surface area contributed by atoms with Crippen molar-refractivity contribution in [1.29, 1.82) is 0 Å². The summed E-state index contributed by atoms with van der Waals surface area (Å²) in [4.78, 5) is 16.1. The van der Waals surface area contributed by atoms with E-state index in [0.717, 1.165) is 0 Å². The quantitative estimate of drug-likeness (QED) is 0.765. The molecule has 136 valence electrons. The van der Waals surface area contributed by atoms with E-state index in [4.69, 9.17) is 9.63 Å². The first-order valence-corrected chi connectivity index (χ1v) is 8.27. The number of carbonyl (C=O) groups excluding carboxylic acids is 1. The van der Waals surface area contributed by atoms with Gasteiger partial charge in [-0.3, -0.25) is 4.79 Å². The maximum Gasteiger partial charge on any atom is 0.227 e. The molecule has 0 saturated heterocycles. The zero-order valence-electron chi connectivity index (χ0n) is 14.8. The molecule has 0 aliphatic carbocycles. The van der Waals surface area contributed by atoms with Crippen molar-refractivity contribution in [2.24, 2.45) is 5.41 Å². The minimum atomic E-state index is -0.325. The van der Waals surface area contributed by atoms with Crippen LogP contribution in [0.4, 0.5) is 4.39 Å². The van der Waals surface area contributed by atoms with Crippen LogP contribution in [0.15, 0.2) is 22.7 Å². The van der Waals surface area contributed by atoms with Gasteiger partial charge in [-0.25, -0.2) is 4.39 Å². The van der Waals surface area contributed by atoms with Gasteiger partial charge in [-0.2, -0.15) is 4.98 Å². The van der Waals surface area contributed by atoms with E-state index in [1.165, 1.54) is 6.07 Å². The van der Waals surface area contributed by atoms with Gasteiger partial charge in [0.15, 0.2) is 0 Å². The van der Waals surface area contributed by atoms with Gasteiger partial charge in [0.2, 0.25) is 17.6 Å². The van der Waals surface area contributed by atoms with Crippen molar-refractivity contribution in [2.45, 2.75) is 40.0 Å². The van der Waals surface area contributed by atoms with E-state index in [1.54, 1.807) is 19.1 Å². The van der Waals surface area contributed by atoms with E-state index in [2.05, 4.69) is 15.5 Å². The second-order valence-corrected chi connectivity index (χ2v) is 6.89. The number of aliphatic hydroxyl groups excluding tert-OH is 1. The Balaban J connectivity index is 1.87. The summed E-state index contributed by atoms with van der Waals surface area (Å²) in [6, 6.07) is 4.74. The number of aromatic nitrogens is 2. The maximum absolute atomic E-state index is 13.6. The van der Waals surface area contributed by atoms with Gasteiger partial charge in [-0.1, -0.05) is 31.1 Å². The number of carbonyl (C=O) groups is 1. The topological polar surface area (TPSA) is 88.2 Å². The molecule has 2 N–H and O–H groups in total. The van der Waals surface area contributed by atoms with Crippen LogP contribution in [0.1, 0.15) is 38.1 Å². The molecule has 2 rings (SSSR count). The van der Waals surface area contributed by atoms with Crippen molar-refractivity contribution in [1.82, 2.24) is 15.5 Å². The zero-order chi connectivity index (χ0) is 18.4. The van der Waals surface area contributed by atoms with Crippen LogP contribution in [0.2, 0.25) is 0 Å². The number of aryl methyl sites for hydroxylation is 2. The first-order chi connectivity index (χ1) is 11.8. The third-order valence-corrected chi connectivity index (χ3v) is 4.02. The molecule has 0 unspecified atom stereocenters. The number of nitrogens with zero attached hydrogens (tertiary/aromatic N) is 2. The average molecular weight is 349 g/mol. The molecule has 2 aromatic rings. The summed E-state index contributed by atoms with van der Waals surface area (Å²) in [5, 5.41) is 15.7. The minimum Gasteiger partial charge on any atom is -0.396 e. The molecule has 1 aromatic carbocycles. The van der Waals surface area contributed by atoms with Crippen molar-refractivity contribution in [3.8, 4) is 11.4 Å². The fourth-order valence-corrected chi connectivity index (χ4v) is 2.24. The van der Waals surface area contributed by atoms with Gasteiger partial charge in [-0.15, -0.1) is 0 Å². The third-order valence-electron chi connectivity index (χ3n) is 4.02. The molecule has 0 aliphatic heterocycles. The molecule has 1 amide bonds. The Morgan fingerprint density at radius 2 is 2.16 bits per heavy atom. The molecule has 1 heterocycles. The lowest BCUT2D eigenvalue weighted by atomic mass is 9.90. The van der Waals surface area contributed by atoms with Crippen molar-refractivity contribution < 1.29 is 18.8 Å². The Morgan fingerprint density at radius 1 is 1.40 bits per heavy atom. The average Bonchev–Trinajstić information content (AvgIpc) is 3.02. The highest BCUT2D eigenvalue weighted by Gasteiger charge is 2.18. The van der Waals surface area contributed by atoms with E-state index >= 15 is 0 Å². The number of benzene rings is 1. The molecule has 1 aromatic heterocycles. The molecule has 0 aliphatic rings. The lowest BCUT2D eigenvalue weighted by molar-refractivity contribution is -0.121. The van der Waals surface area contributed by atoms with Gasteiger partial charge in [0.05, 0.1) is 0 Å². The largest absolute Gasteiger partial charge is 0.396 e. The minimum absolute atomic E-state index is 0.0905. The molecule has 0 radical (unpaired) electrons. The lowest BCUT2D eigenvalue weighted by Gasteiger charge is -2.23. The van der Waals surface area contributed by atoms with E-state index in [-0.39, 0.29) is 30.2 Å². The van der Waals surface area contributed by atoms with E-state index in [0.29, 0.717) is 42.2 Å². The Morgan fingerprint density at radius 3 is 2.84 bits per heavy atom. The Labute approximate surface area is 146 Å². The summed E-state index contributed by atoms with van der Waals surface area (Å²) in [6.07, 6.45) is 1.15. The van der Waals surface area contributed by atoms with E-state index < -0.39 is 0 Å². The zero-order valence-corrected chi connectivity index (χ0v) is 14.8. The van der Waals surface area contributed by atoms with Crippen molar-refractivity contribution in [3.63, 3.8) is 0 Å². The predicted octanol–water partition coefficient (Wildman–Crippen LogP) is 2.64. The fourth-order valence-electron chi connectivity index (χ4n) is 2.24. The molecule has 0 fully saturated rings. The summed E-state index contributed by atoms with van der Waals surface area (Å²) < 4.78 is 18.7. The highest BCUT2D eigenvalue weighted by atomic mass is 19.1. The Kier molecular flexibility index (Phi) is 6.25. The number of hydrogen-bond donors (Lipinski definition) is 2. The van der Waals surface area contributed by atoms with Crippen LogP contribution in [-0.2, 0) is 11.2 Å². The van der Waals surface area contributed by atoms with Crippen molar-refractivity contribution in [2.75, 3.05) is 13.2 Å². The smallest absolute Gasteiger partial charge is 0.227 e. The molecule has 0 atom stereocenters. The third kappa shape index (κ3) is 5.63. The summed E-state index contributed by atoms with van der Waals surface area (Å²) in [5.41, 5.74) is 0.930. The summed E-state index contributed by atoms with van der Waals surface area (Å²) in [7, 11) is 0. The molecular weight excluding hydrogens is 325 g/mol. The number of rotatable bonds is 8. The standard InChI is InChI=1S/C18H24FN3O3/c1-12-4-5-13(10-14(12)19)17-21-16(25-22-17)7-6-15(24)20-11-18(2,3)8-9-23/h4-5,10,23H,6-9,11H2,1-3H3,(H,20,24). The summed E-state index contributed by atoms with van der Waals surface area (Å²) in [5.74, 6) is 0.194. The molecule has 25 heavy (non-hydrogen) atoms. The van der Waals surface area contributed by atoms with Crippen LogP contribution in [0.5, 0.6) is 0 Å². The normalized spacial score (nSPS) is 11.6. The Bertz CT molecular complexity index is 728. The molecule has 6 nitrogen and oxygen atoms in total. The number of nitrogens with one attached hydrogen (secondary N) is 1. The highest BCUT2D eigenvalue weighted by Crippen LogP contribution is 2.20. The van der Waals surface area contributed by atoms with Gasteiger partial charge in [0, 0.05) is 31.6 Å². The van der Waals surface area contributed by atoms with Gasteiger partial charge in [0.1, 0.15) is 5.82 Å². The Hall–Kier alpha value is -2.28. The molecule has 0 spiro atoms. The van der Waals surface area contributed by atoms with Gasteiger partial charge in [-0.05, 0) is 30.4 Å². The van der Waals surface area contributed by atoms with Crippen LogP contribution < -0.4 is 5.32 Å². The maximum atomic E-state index is 13.6. The van der Waals surface area contributed by atoms with Gasteiger partial charge in [0.25, 0.3) is 0 Å². The first-order valence-electron chi connectivity index (χ1n) is 8.27. The van der Waals surface area contributed by atoms with E-state index in [1.807, 2.05) is 13.8 Å². The second kappa shape index (κ2) is 8.20. The van der Waals surface area contributed by atoms with Crippen LogP contribution in [-0.4, -0.2) is 34.3 Å². The predicted molar refractivity (Wildman–Crippen MR) is 91.2 cm³/mol. The summed E-state index contributed by atoms with van der Waals surface area (Å²) in [6.45, 7) is 6.22. The SMILES string of the molecule is Cc1ccc(-c2noc(CCC(=O)NCC(C)(C)CCO)n2)cc1F. The molecule has 7 heteroatoms. The number of aliphatic hydroxyl groups is 1. The van der Waals surface area contributed by atoms with Gasteiger partial charge < -0.3 is 14.9 Å². The molecule has 0 saturated carbocycles. The summed E-state index contributed by atoms with van der Waals surface area (Å²) >= 11 is 0. The molecular formula is C18H24FN3O3. The second-order valence-electron chi connectivity index (χ2n) is 6.89. The monoisotopic (exact) mass is 349 g/mol. The highest BCUT2D eigenvalue weighted by molar-refractivity contribution is 5.76. The van der Waals surface area contributed by atoms with Crippen molar-refractivity contribution in [3.05, 3.63) is 35.5 Å². The fraction of sp³-hybridized carbons (Fsp3) is 0.500. The first kappa shape index (κ1) is 19.1. The van der Waals surface area contributed by atoms with Crippen LogP contribution in [0.3, 0.4) is 0 Å². The molecule has 0 bridgehead atoms. The van der Waals surface area contributed by atoms with E-state index in [9.17, 15) is 9.18 Å². The van der Waals surface area contributed by atoms with Gasteiger partial charge >= 0.3 is 0 Å². The van der Waals surface area contributed by atoms with Crippen LogP contribution in [0, 0.1) is 18.2 Å². The van der Waals surface area contributed by atoms with Crippen LogP contribution >= 0.6 is 0 Å². The number of hydrogen-bond acceptors (Lipinski definition) is 5. The van der Waals surface area contributed by atoms with Crippen molar-refractivity contribution >= 4 is 5.91 Å². The lowest BCUT2D eigenvalue weighted by Crippen LogP contribution is -2.34.